The maximum atomic E-state index is 12.5. The van der Waals surface area contributed by atoms with Crippen LogP contribution in [-0.4, -0.2) is 23.3 Å². The van der Waals surface area contributed by atoms with Crippen LogP contribution in [0.2, 0.25) is 0 Å². The number of anilines is 1. The standard InChI is InChI=1S/C27H44N2O2S/c1-6-8-9-11-17(3)19(5)32-21-15-24-27(25(16-21)31-26(30)10-7-2)23-14-20(28)12-13-22(23)18(4)29-24/h15-20,22-23,29H,6-14,28H2,1-5H3. The van der Waals surface area contributed by atoms with Crippen LogP contribution < -0.4 is 15.8 Å². The number of esters is 1. The number of carbonyl (C=O) groups is 1. The Kier molecular flexibility index (Phi) is 9.36. The zero-order valence-electron chi connectivity index (χ0n) is 20.8. The van der Waals surface area contributed by atoms with E-state index in [1.807, 2.05) is 18.7 Å². The molecule has 0 spiro atoms. The van der Waals surface area contributed by atoms with Crippen molar-refractivity contribution in [1.82, 2.24) is 0 Å². The molecule has 180 valence electrons. The first-order valence-corrected chi connectivity index (χ1v) is 13.8. The second kappa shape index (κ2) is 11.8. The molecule has 2 aliphatic rings. The number of rotatable bonds is 10. The van der Waals surface area contributed by atoms with E-state index in [2.05, 4.69) is 45.1 Å². The van der Waals surface area contributed by atoms with Gasteiger partial charge in [-0.25, -0.2) is 0 Å². The van der Waals surface area contributed by atoms with Gasteiger partial charge in [0.2, 0.25) is 0 Å². The molecule has 5 heteroatoms. The van der Waals surface area contributed by atoms with Gasteiger partial charge in [-0.1, -0.05) is 47.0 Å². The number of hydrogen-bond acceptors (Lipinski definition) is 5. The van der Waals surface area contributed by atoms with Gasteiger partial charge < -0.3 is 15.8 Å². The normalized spacial score (nSPS) is 26.4. The van der Waals surface area contributed by atoms with Gasteiger partial charge in [0.15, 0.2) is 0 Å². The average Bonchev–Trinajstić information content (AvgIpc) is 2.73. The van der Waals surface area contributed by atoms with Crippen molar-refractivity contribution in [3.63, 3.8) is 0 Å². The SMILES string of the molecule is CCCCCC(C)C(C)Sc1cc2c(c(OC(=O)CCC)c1)C1CC(N)CCC1C(C)N2. The fourth-order valence-electron chi connectivity index (χ4n) is 5.42. The summed E-state index contributed by atoms with van der Waals surface area (Å²) in [6, 6.07) is 5.05. The summed E-state index contributed by atoms with van der Waals surface area (Å²) in [6.07, 6.45) is 9.57. The number of unbranched alkanes of at least 4 members (excludes halogenated alkanes) is 2. The molecule has 1 saturated carbocycles. The highest BCUT2D eigenvalue weighted by Crippen LogP contribution is 2.51. The van der Waals surface area contributed by atoms with Crippen LogP contribution in [0.25, 0.3) is 0 Å². The fraction of sp³-hybridized carbons (Fsp3) is 0.741. The van der Waals surface area contributed by atoms with Gasteiger partial charge in [0.25, 0.3) is 0 Å². The Hall–Kier alpha value is -1.20. The van der Waals surface area contributed by atoms with Gasteiger partial charge in [0.1, 0.15) is 5.75 Å². The van der Waals surface area contributed by atoms with Crippen LogP contribution in [0.3, 0.4) is 0 Å². The molecule has 1 aliphatic carbocycles. The third kappa shape index (κ3) is 6.22. The molecule has 0 amide bonds. The summed E-state index contributed by atoms with van der Waals surface area (Å²) < 4.78 is 6.00. The Balaban J connectivity index is 1.89. The lowest BCUT2D eigenvalue weighted by Gasteiger charge is -2.44. The molecule has 1 heterocycles. The van der Waals surface area contributed by atoms with E-state index < -0.39 is 0 Å². The average molecular weight is 461 g/mol. The second-order valence-corrected chi connectivity index (χ2v) is 11.6. The van der Waals surface area contributed by atoms with Crippen LogP contribution in [0.5, 0.6) is 5.75 Å². The van der Waals surface area contributed by atoms with Gasteiger partial charge in [-0.05, 0) is 68.9 Å². The predicted molar refractivity (Wildman–Crippen MR) is 137 cm³/mol. The lowest BCUT2D eigenvalue weighted by Crippen LogP contribution is -2.42. The van der Waals surface area contributed by atoms with E-state index in [0.29, 0.717) is 35.5 Å². The Morgan fingerprint density at radius 1 is 1.22 bits per heavy atom. The molecule has 4 nitrogen and oxygen atoms in total. The van der Waals surface area contributed by atoms with E-state index in [1.54, 1.807) is 0 Å². The summed E-state index contributed by atoms with van der Waals surface area (Å²) in [6.45, 7) is 11.3. The highest BCUT2D eigenvalue weighted by Gasteiger charge is 2.40. The summed E-state index contributed by atoms with van der Waals surface area (Å²) in [5.74, 6) is 2.19. The maximum absolute atomic E-state index is 12.5. The zero-order valence-corrected chi connectivity index (χ0v) is 21.6. The van der Waals surface area contributed by atoms with E-state index in [4.69, 9.17) is 10.5 Å². The van der Waals surface area contributed by atoms with Crippen LogP contribution in [0, 0.1) is 11.8 Å². The van der Waals surface area contributed by atoms with Crippen LogP contribution in [-0.2, 0) is 4.79 Å². The molecule has 1 aromatic rings. The van der Waals surface area contributed by atoms with Gasteiger partial charge in [-0.15, -0.1) is 11.8 Å². The molecule has 0 bridgehead atoms. The minimum atomic E-state index is -0.131. The molecule has 3 rings (SSSR count). The van der Waals surface area contributed by atoms with Crippen molar-refractivity contribution in [2.75, 3.05) is 5.32 Å². The van der Waals surface area contributed by atoms with E-state index in [0.717, 1.165) is 37.1 Å². The summed E-state index contributed by atoms with van der Waals surface area (Å²) in [5, 5.41) is 4.27. The number of hydrogen-bond donors (Lipinski definition) is 2. The molecule has 0 aromatic heterocycles. The number of carbonyl (C=O) groups excluding carboxylic acids is 1. The highest BCUT2D eigenvalue weighted by molar-refractivity contribution is 8.00. The van der Waals surface area contributed by atoms with Gasteiger partial charge in [-0.3, -0.25) is 4.79 Å². The Bertz CT molecular complexity index is 768. The lowest BCUT2D eigenvalue weighted by atomic mass is 9.68. The topological polar surface area (TPSA) is 64.3 Å². The van der Waals surface area contributed by atoms with E-state index in [-0.39, 0.29) is 12.0 Å². The fourth-order valence-corrected chi connectivity index (χ4v) is 6.58. The summed E-state index contributed by atoms with van der Waals surface area (Å²) in [5.41, 5.74) is 8.71. The molecular formula is C27H44N2O2S. The van der Waals surface area contributed by atoms with Crippen molar-refractivity contribution in [3.8, 4) is 5.75 Å². The number of thioether (sulfide) groups is 1. The van der Waals surface area contributed by atoms with Gasteiger partial charge in [0.05, 0.1) is 0 Å². The van der Waals surface area contributed by atoms with Crippen molar-refractivity contribution in [3.05, 3.63) is 17.7 Å². The first-order valence-electron chi connectivity index (χ1n) is 12.9. The molecule has 6 atom stereocenters. The quantitative estimate of drug-likeness (QED) is 0.168. The summed E-state index contributed by atoms with van der Waals surface area (Å²) in [4.78, 5) is 13.7. The number of nitrogens with one attached hydrogen (secondary N) is 1. The van der Waals surface area contributed by atoms with Gasteiger partial charge in [-0.2, -0.15) is 0 Å². The number of fused-ring (bicyclic) bond motifs is 3. The van der Waals surface area contributed by atoms with Crippen molar-refractivity contribution in [1.29, 1.82) is 0 Å². The number of ether oxygens (including phenoxy) is 1. The molecule has 1 fully saturated rings. The van der Waals surface area contributed by atoms with Gasteiger partial charge in [0, 0.05) is 39.9 Å². The molecule has 1 aliphatic heterocycles. The summed E-state index contributed by atoms with van der Waals surface area (Å²) >= 11 is 1.91. The van der Waals surface area contributed by atoms with Crippen LogP contribution in [0.1, 0.15) is 104 Å². The minimum Gasteiger partial charge on any atom is -0.426 e. The summed E-state index contributed by atoms with van der Waals surface area (Å²) in [7, 11) is 0. The van der Waals surface area contributed by atoms with Crippen molar-refractivity contribution in [2.45, 2.75) is 121 Å². The van der Waals surface area contributed by atoms with Crippen LogP contribution in [0.15, 0.2) is 17.0 Å². The van der Waals surface area contributed by atoms with E-state index in [9.17, 15) is 4.79 Å². The molecular weight excluding hydrogens is 416 g/mol. The van der Waals surface area contributed by atoms with Crippen molar-refractivity contribution < 1.29 is 9.53 Å². The van der Waals surface area contributed by atoms with E-state index in [1.165, 1.54) is 36.1 Å². The molecule has 6 unspecified atom stereocenters. The lowest BCUT2D eigenvalue weighted by molar-refractivity contribution is -0.134. The highest BCUT2D eigenvalue weighted by atomic mass is 32.2. The smallest absolute Gasteiger partial charge is 0.311 e. The maximum Gasteiger partial charge on any atom is 0.311 e. The molecule has 0 saturated heterocycles. The molecule has 1 aromatic carbocycles. The Labute approximate surface area is 199 Å². The zero-order chi connectivity index (χ0) is 23.3. The molecule has 0 radical (unpaired) electrons. The minimum absolute atomic E-state index is 0.131. The van der Waals surface area contributed by atoms with Crippen LogP contribution >= 0.6 is 11.8 Å². The van der Waals surface area contributed by atoms with E-state index >= 15 is 0 Å². The first kappa shape index (κ1) is 25.4. The van der Waals surface area contributed by atoms with Crippen LogP contribution in [0.4, 0.5) is 5.69 Å². The second-order valence-electron chi connectivity index (χ2n) is 10.2. The first-order chi connectivity index (χ1) is 15.3. The van der Waals surface area contributed by atoms with Crippen molar-refractivity contribution in [2.24, 2.45) is 17.6 Å². The Morgan fingerprint density at radius 3 is 2.72 bits per heavy atom. The molecule has 32 heavy (non-hydrogen) atoms. The predicted octanol–water partition coefficient (Wildman–Crippen LogP) is 7.11. The molecule has 3 N–H and O–H groups in total. The third-order valence-corrected chi connectivity index (χ3v) is 8.86. The number of benzene rings is 1. The third-order valence-electron chi connectivity index (χ3n) is 7.52. The monoisotopic (exact) mass is 460 g/mol. The van der Waals surface area contributed by atoms with Crippen molar-refractivity contribution >= 4 is 23.4 Å². The number of nitrogens with two attached hydrogens (primary N) is 1. The van der Waals surface area contributed by atoms with Gasteiger partial charge >= 0.3 is 5.97 Å². The largest absolute Gasteiger partial charge is 0.426 e. The Morgan fingerprint density at radius 2 is 2.00 bits per heavy atom.